The van der Waals surface area contributed by atoms with E-state index in [0.717, 1.165) is 18.6 Å². The highest BCUT2D eigenvalue weighted by Crippen LogP contribution is 2.14. The van der Waals surface area contributed by atoms with Crippen molar-refractivity contribution in [3.05, 3.63) is 53.5 Å². The van der Waals surface area contributed by atoms with Gasteiger partial charge in [0.05, 0.1) is 6.26 Å². The Morgan fingerprint density at radius 3 is 2.75 bits per heavy atom. The van der Waals surface area contributed by atoms with Gasteiger partial charge in [0, 0.05) is 0 Å². The summed E-state index contributed by atoms with van der Waals surface area (Å²) in [7, 11) is 0. The number of hydrogen-bond acceptors (Lipinski definition) is 1. The molecule has 0 fully saturated rings. The van der Waals surface area contributed by atoms with Gasteiger partial charge >= 0.3 is 0 Å². The molecule has 0 aromatic carbocycles. The van der Waals surface area contributed by atoms with Crippen molar-refractivity contribution in [1.29, 1.82) is 0 Å². The summed E-state index contributed by atoms with van der Waals surface area (Å²) in [5.41, 5.74) is 3.74. The summed E-state index contributed by atoms with van der Waals surface area (Å²) in [6.07, 6.45) is 10.1. The van der Waals surface area contributed by atoms with E-state index in [1.807, 2.05) is 19.1 Å². The predicted octanol–water partition coefficient (Wildman–Crippen LogP) is 4.90. The van der Waals surface area contributed by atoms with Crippen molar-refractivity contribution < 1.29 is 4.42 Å². The number of rotatable bonds is 5. The molecule has 0 spiro atoms. The Bertz CT molecular complexity index is 405. The summed E-state index contributed by atoms with van der Waals surface area (Å²) in [6.45, 7) is 9.97. The van der Waals surface area contributed by atoms with Crippen molar-refractivity contribution >= 4 is 6.08 Å². The molecule has 16 heavy (non-hydrogen) atoms. The number of furan rings is 1. The molecule has 0 atom stereocenters. The summed E-state index contributed by atoms with van der Waals surface area (Å²) in [5, 5.41) is 0. The van der Waals surface area contributed by atoms with Crippen LogP contribution in [0.4, 0.5) is 0 Å². The van der Waals surface area contributed by atoms with Gasteiger partial charge in [0.25, 0.3) is 0 Å². The minimum atomic E-state index is 0.944. The quantitative estimate of drug-likeness (QED) is 0.638. The highest BCUT2D eigenvalue weighted by atomic mass is 16.3. The first kappa shape index (κ1) is 12.6. The normalized spacial score (nSPS) is 12.9. The molecule has 0 radical (unpaired) electrons. The molecule has 1 aromatic rings. The number of aryl methyl sites for hydroxylation is 1. The Kier molecular flexibility index (Phi) is 4.84. The van der Waals surface area contributed by atoms with Gasteiger partial charge in [-0.1, -0.05) is 29.9 Å². The molecule has 0 amide bonds. The Morgan fingerprint density at radius 1 is 1.44 bits per heavy atom. The van der Waals surface area contributed by atoms with Crippen LogP contribution >= 0.6 is 0 Å². The molecular weight excluding hydrogens is 196 g/mol. The minimum absolute atomic E-state index is 0.944. The fourth-order valence-electron chi connectivity index (χ4n) is 1.45. The predicted molar refractivity (Wildman–Crippen MR) is 70.3 cm³/mol. The van der Waals surface area contributed by atoms with Gasteiger partial charge in [-0.25, -0.2) is 0 Å². The van der Waals surface area contributed by atoms with E-state index in [0.29, 0.717) is 0 Å². The second-order valence-electron chi connectivity index (χ2n) is 4.21. The molecule has 0 aliphatic carbocycles. The van der Waals surface area contributed by atoms with Gasteiger partial charge in [-0.05, 0) is 51.3 Å². The van der Waals surface area contributed by atoms with Crippen molar-refractivity contribution in [3.63, 3.8) is 0 Å². The van der Waals surface area contributed by atoms with Crippen molar-refractivity contribution in [2.75, 3.05) is 0 Å². The summed E-state index contributed by atoms with van der Waals surface area (Å²) < 4.78 is 5.38. The van der Waals surface area contributed by atoms with Crippen LogP contribution in [0.2, 0.25) is 0 Å². The average molecular weight is 216 g/mol. The molecule has 0 saturated heterocycles. The van der Waals surface area contributed by atoms with E-state index in [-0.39, 0.29) is 0 Å². The largest absolute Gasteiger partial charge is 0.465 e. The van der Waals surface area contributed by atoms with Gasteiger partial charge in [-0.3, -0.25) is 0 Å². The highest BCUT2D eigenvalue weighted by molar-refractivity contribution is 5.47. The van der Waals surface area contributed by atoms with Crippen LogP contribution in [0.25, 0.3) is 6.08 Å². The third-order valence-electron chi connectivity index (χ3n) is 2.47. The van der Waals surface area contributed by atoms with Crippen LogP contribution in [0.5, 0.6) is 0 Å². The van der Waals surface area contributed by atoms with Crippen LogP contribution in [0.1, 0.15) is 38.0 Å². The van der Waals surface area contributed by atoms with Crippen LogP contribution in [0.15, 0.2) is 46.6 Å². The molecule has 0 unspecified atom stereocenters. The van der Waals surface area contributed by atoms with Crippen molar-refractivity contribution in [2.24, 2.45) is 0 Å². The lowest BCUT2D eigenvalue weighted by molar-refractivity contribution is 0.554. The van der Waals surface area contributed by atoms with E-state index in [4.69, 9.17) is 4.42 Å². The van der Waals surface area contributed by atoms with E-state index in [9.17, 15) is 0 Å². The SMILES string of the molecule is C=CC(C)=CCCC(C)=Cc1cc(C)co1. The zero-order valence-corrected chi connectivity index (χ0v) is 10.4. The number of allylic oxidation sites excluding steroid dienone is 4. The zero-order chi connectivity index (χ0) is 12.0. The minimum Gasteiger partial charge on any atom is -0.465 e. The molecule has 0 bridgehead atoms. The zero-order valence-electron chi connectivity index (χ0n) is 10.4. The van der Waals surface area contributed by atoms with E-state index in [1.165, 1.54) is 16.7 Å². The Balaban J connectivity index is 2.49. The first-order valence-corrected chi connectivity index (χ1v) is 5.63. The third kappa shape index (κ3) is 4.35. The van der Waals surface area contributed by atoms with Gasteiger partial charge < -0.3 is 4.42 Å². The van der Waals surface area contributed by atoms with E-state index >= 15 is 0 Å². The van der Waals surface area contributed by atoms with Crippen molar-refractivity contribution in [3.8, 4) is 0 Å². The molecule has 0 aliphatic rings. The van der Waals surface area contributed by atoms with Crippen LogP contribution < -0.4 is 0 Å². The summed E-state index contributed by atoms with van der Waals surface area (Å²) in [4.78, 5) is 0. The molecule has 0 aliphatic heterocycles. The molecular formula is C15H20O. The Labute approximate surface area is 98.2 Å². The molecule has 1 heteroatoms. The van der Waals surface area contributed by atoms with Gasteiger partial charge in [0.1, 0.15) is 5.76 Å². The van der Waals surface area contributed by atoms with Crippen molar-refractivity contribution in [1.82, 2.24) is 0 Å². The molecule has 0 N–H and O–H groups in total. The van der Waals surface area contributed by atoms with E-state index < -0.39 is 0 Å². The standard InChI is InChI=1S/C15H20O/c1-5-12(2)7-6-8-13(3)9-15-10-14(4)11-16-15/h5,7,9-11H,1,6,8H2,2-4H3. The van der Waals surface area contributed by atoms with Crippen molar-refractivity contribution in [2.45, 2.75) is 33.6 Å². The maximum absolute atomic E-state index is 5.38. The molecule has 0 saturated carbocycles. The fraction of sp³-hybridized carbons (Fsp3) is 0.333. The second-order valence-corrected chi connectivity index (χ2v) is 4.21. The third-order valence-corrected chi connectivity index (χ3v) is 2.47. The lowest BCUT2D eigenvalue weighted by Crippen LogP contribution is -1.77. The maximum Gasteiger partial charge on any atom is 0.126 e. The summed E-state index contributed by atoms with van der Waals surface area (Å²) >= 11 is 0. The molecule has 1 heterocycles. The fourth-order valence-corrected chi connectivity index (χ4v) is 1.45. The van der Waals surface area contributed by atoms with Crippen LogP contribution in [0, 0.1) is 6.92 Å². The lowest BCUT2D eigenvalue weighted by atomic mass is 10.1. The summed E-state index contributed by atoms with van der Waals surface area (Å²) in [5.74, 6) is 0.944. The van der Waals surface area contributed by atoms with Gasteiger partial charge in [0.2, 0.25) is 0 Å². The maximum atomic E-state index is 5.38. The first-order valence-electron chi connectivity index (χ1n) is 5.63. The lowest BCUT2D eigenvalue weighted by Gasteiger charge is -1.97. The van der Waals surface area contributed by atoms with Crippen LogP contribution in [0.3, 0.4) is 0 Å². The second kappa shape index (κ2) is 6.16. The molecule has 1 nitrogen and oxygen atoms in total. The monoisotopic (exact) mass is 216 g/mol. The van der Waals surface area contributed by atoms with E-state index in [2.05, 4.69) is 32.6 Å². The number of hydrogen-bond donors (Lipinski definition) is 0. The van der Waals surface area contributed by atoms with E-state index in [1.54, 1.807) is 6.26 Å². The topological polar surface area (TPSA) is 13.1 Å². The van der Waals surface area contributed by atoms with Gasteiger partial charge in [0.15, 0.2) is 0 Å². The first-order chi connectivity index (χ1) is 7.61. The van der Waals surface area contributed by atoms with Crippen LogP contribution in [-0.4, -0.2) is 0 Å². The molecule has 1 aromatic heterocycles. The Hall–Kier alpha value is -1.50. The molecule has 86 valence electrons. The smallest absolute Gasteiger partial charge is 0.126 e. The highest BCUT2D eigenvalue weighted by Gasteiger charge is 1.95. The van der Waals surface area contributed by atoms with Crippen LogP contribution in [-0.2, 0) is 0 Å². The Morgan fingerprint density at radius 2 is 2.19 bits per heavy atom. The van der Waals surface area contributed by atoms with Gasteiger partial charge in [-0.15, -0.1) is 0 Å². The van der Waals surface area contributed by atoms with Gasteiger partial charge in [-0.2, -0.15) is 0 Å². The molecule has 1 rings (SSSR count). The average Bonchev–Trinajstić information content (AvgIpc) is 2.63. The summed E-state index contributed by atoms with van der Waals surface area (Å²) in [6, 6.07) is 2.05.